The molecule has 3 amide bonds. The number of thioether (sulfide) groups is 1. The van der Waals surface area contributed by atoms with Crippen LogP contribution in [0.5, 0.6) is 0 Å². The van der Waals surface area contributed by atoms with E-state index in [1.807, 2.05) is 13.0 Å². The van der Waals surface area contributed by atoms with Gasteiger partial charge in [-0.2, -0.15) is 0 Å². The van der Waals surface area contributed by atoms with Crippen molar-refractivity contribution in [3.05, 3.63) is 53.6 Å². The van der Waals surface area contributed by atoms with Gasteiger partial charge in [0.25, 0.3) is 11.8 Å². The molecule has 0 fully saturated rings. The molecular weight excluding hydrogens is 338 g/mol. The fraction of sp³-hybridized carbons (Fsp3) is 0.167. The zero-order valence-electron chi connectivity index (χ0n) is 13.8. The van der Waals surface area contributed by atoms with E-state index >= 15 is 0 Å². The van der Waals surface area contributed by atoms with Crippen molar-refractivity contribution in [3.8, 4) is 0 Å². The largest absolute Gasteiger partial charge is 0.355 e. The van der Waals surface area contributed by atoms with Gasteiger partial charge in [0.2, 0.25) is 5.91 Å². The zero-order valence-corrected chi connectivity index (χ0v) is 14.6. The summed E-state index contributed by atoms with van der Waals surface area (Å²) >= 11 is 1.47. The van der Waals surface area contributed by atoms with E-state index in [0.717, 1.165) is 4.90 Å². The first-order valence-electron chi connectivity index (χ1n) is 7.73. The minimum absolute atomic E-state index is 0.0696. The molecule has 25 heavy (non-hydrogen) atoms. The van der Waals surface area contributed by atoms with E-state index in [0.29, 0.717) is 22.5 Å². The average Bonchev–Trinajstić information content (AvgIpc) is 2.62. The molecule has 1 atom stereocenters. The number of amides is 3. The van der Waals surface area contributed by atoms with Crippen LogP contribution in [0.1, 0.15) is 27.6 Å². The molecule has 2 aromatic rings. The first-order chi connectivity index (χ1) is 12.0. The van der Waals surface area contributed by atoms with Crippen LogP contribution < -0.4 is 16.0 Å². The van der Waals surface area contributed by atoms with Gasteiger partial charge in [-0.3, -0.25) is 14.4 Å². The van der Waals surface area contributed by atoms with Crippen LogP contribution in [-0.2, 0) is 4.79 Å². The van der Waals surface area contributed by atoms with Crippen LogP contribution in [0.25, 0.3) is 0 Å². The summed E-state index contributed by atoms with van der Waals surface area (Å²) in [5.41, 5.74) is 2.20. The summed E-state index contributed by atoms with van der Waals surface area (Å²) in [5, 5.41) is 7.98. The predicted octanol–water partition coefficient (Wildman–Crippen LogP) is 2.73. The molecule has 0 saturated heterocycles. The van der Waals surface area contributed by atoms with Crippen molar-refractivity contribution >= 4 is 40.9 Å². The Hall–Kier alpha value is -2.80. The topological polar surface area (TPSA) is 87.3 Å². The number of rotatable bonds is 3. The maximum absolute atomic E-state index is 12.4. The van der Waals surface area contributed by atoms with Crippen molar-refractivity contribution < 1.29 is 14.4 Å². The molecule has 0 saturated carbocycles. The Morgan fingerprint density at radius 1 is 1.04 bits per heavy atom. The van der Waals surface area contributed by atoms with Crippen LogP contribution in [-0.4, -0.2) is 30.0 Å². The van der Waals surface area contributed by atoms with E-state index in [2.05, 4.69) is 16.0 Å². The quantitative estimate of drug-likeness (QED) is 0.790. The minimum Gasteiger partial charge on any atom is -0.355 e. The summed E-state index contributed by atoms with van der Waals surface area (Å²) in [6, 6.07) is 11.8. The molecule has 128 valence electrons. The average molecular weight is 355 g/mol. The highest BCUT2D eigenvalue weighted by Crippen LogP contribution is 2.36. The van der Waals surface area contributed by atoms with Gasteiger partial charge in [-0.05, 0) is 49.4 Å². The lowest BCUT2D eigenvalue weighted by molar-refractivity contribution is -0.115. The Labute approximate surface area is 149 Å². The Balaban J connectivity index is 1.74. The Kier molecular flexibility index (Phi) is 4.76. The Morgan fingerprint density at radius 3 is 2.40 bits per heavy atom. The normalized spacial score (nSPS) is 15.8. The van der Waals surface area contributed by atoms with Crippen molar-refractivity contribution in [1.82, 2.24) is 5.32 Å². The van der Waals surface area contributed by atoms with Gasteiger partial charge in [-0.1, -0.05) is 0 Å². The second-order valence-corrected chi connectivity index (χ2v) is 6.95. The number of benzene rings is 2. The molecule has 0 aliphatic carbocycles. The van der Waals surface area contributed by atoms with E-state index in [1.165, 1.54) is 11.8 Å². The lowest BCUT2D eigenvalue weighted by Crippen LogP contribution is -2.26. The van der Waals surface area contributed by atoms with Crippen LogP contribution in [0.4, 0.5) is 11.4 Å². The van der Waals surface area contributed by atoms with Crippen LogP contribution in [0, 0.1) is 0 Å². The van der Waals surface area contributed by atoms with Crippen LogP contribution >= 0.6 is 11.8 Å². The number of nitrogens with one attached hydrogen (secondary N) is 3. The third-order valence-electron chi connectivity index (χ3n) is 3.80. The second kappa shape index (κ2) is 6.98. The summed E-state index contributed by atoms with van der Waals surface area (Å²) in [7, 11) is 1.56. The van der Waals surface area contributed by atoms with E-state index in [9.17, 15) is 14.4 Å². The highest BCUT2D eigenvalue weighted by atomic mass is 32.2. The van der Waals surface area contributed by atoms with Crippen LogP contribution in [0.15, 0.2) is 47.4 Å². The maximum atomic E-state index is 12.4. The Bertz CT molecular complexity index is 849. The summed E-state index contributed by atoms with van der Waals surface area (Å²) in [5.74, 6) is -0.539. The fourth-order valence-corrected chi connectivity index (χ4v) is 3.33. The predicted molar refractivity (Wildman–Crippen MR) is 98.2 cm³/mol. The Morgan fingerprint density at radius 2 is 1.72 bits per heavy atom. The second-order valence-electron chi connectivity index (χ2n) is 5.57. The molecule has 0 radical (unpaired) electrons. The smallest absolute Gasteiger partial charge is 0.255 e. The van der Waals surface area contributed by atoms with Crippen molar-refractivity contribution in [2.45, 2.75) is 17.1 Å². The molecule has 2 aromatic carbocycles. The number of fused-ring (bicyclic) bond motifs is 1. The van der Waals surface area contributed by atoms with Crippen molar-refractivity contribution in [2.24, 2.45) is 0 Å². The van der Waals surface area contributed by atoms with Gasteiger partial charge in [-0.25, -0.2) is 0 Å². The molecule has 0 unspecified atom stereocenters. The van der Waals surface area contributed by atoms with Gasteiger partial charge in [0, 0.05) is 28.8 Å². The maximum Gasteiger partial charge on any atom is 0.255 e. The van der Waals surface area contributed by atoms with Gasteiger partial charge in [-0.15, -0.1) is 11.8 Å². The molecule has 3 rings (SSSR count). The number of carbonyl (C=O) groups excluding carboxylic acids is 3. The number of carbonyl (C=O) groups is 3. The number of anilines is 2. The van der Waals surface area contributed by atoms with Gasteiger partial charge in [0.05, 0.1) is 10.9 Å². The fourth-order valence-electron chi connectivity index (χ4n) is 2.40. The molecule has 1 aliphatic rings. The van der Waals surface area contributed by atoms with E-state index < -0.39 is 0 Å². The first-order valence-corrected chi connectivity index (χ1v) is 8.61. The molecule has 3 N–H and O–H groups in total. The lowest BCUT2D eigenvalue weighted by Gasteiger charge is -2.21. The summed E-state index contributed by atoms with van der Waals surface area (Å²) in [6.45, 7) is 1.84. The SMILES string of the molecule is CNC(=O)c1ccc(NC(=O)c2ccc3c(c2)NC(=O)[C@@H](C)S3)cc1. The first kappa shape index (κ1) is 17.0. The van der Waals surface area contributed by atoms with Crippen molar-refractivity contribution in [2.75, 3.05) is 17.7 Å². The monoisotopic (exact) mass is 355 g/mol. The highest BCUT2D eigenvalue weighted by molar-refractivity contribution is 8.00. The number of hydrogen-bond acceptors (Lipinski definition) is 4. The summed E-state index contributed by atoms with van der Waals surface area (Å²) in [6.07, 6.45) is 0. The van der Waals surface area contributed by atoms with Gasteiger partial charge >= 0.3 is 0 Å². The molecule has 0 spiro atoms. The van der Waals surface area contributed by atoms with Gasteiger partial charge in [0.15, 0.2) is 0 Å². The molecule has 7 heteroatoms. The zero-order chi connectivity index (χ0) is 18.0. The van der Waals surface area contributed by atoms with E-state index in [-0.39, 0.29) is 23.0 Å². The molecule has 1 aliphatic heterocycles. The van der Waals surface area contributed by atoms with Crippen molar-refractivity contribution in [1.29, 1.82) is 0 Å². The molecule has 0 aromatic heterocycles. The third kappa shape index (κ3) is 3.66. The minimum atomic E-state index is -0.284. The molecule has 0 bridgehead atoms. The summed E-state index contributed by atoms with van der Waals surface area (Å²) in [4.78, 5) is 36.6. The van der Waals surface area contributed by atoms with Crippen molar-refractivity contribution in [3.63, 3.8) is 0 Å². The lowest BCUT2D eigenvalue weighted by atomic mass is 10.1. The third-order valence-corrected chi connectivity index (χ3v) is 4.98. The van der Waals surface area contributed by atoms with Gasteiger partial charge in [0.1, 0.15) is 0 Å². The standard InChI is InChI=1S/C18H17N3O3S/c1-10-16(22)21-14-9-12(5-8-15(14)25-10)18(24)20-13-6-3-11(4-7-13)17(23)19-2/h3-10H,1-2H3,(H,19,23)(H,20,24)(H,21,22)/t10-/m1/s1. The van der Waals surface area contributed by atoms with E-state index in [4.69, 9.17) is 0 Å². The van der Waals surface area contributed by atoms with E-state index in [1.54, 1.807) is 43.4 Å². The van der Waals surface area contributed by atoms with Crippen LogP contribution in [0.2, 0.25) is 0 Å². The summed E-state index contributed by atoms with van der Waals surface area (Å²) < 4.78 is 0. The molecule has 6 nitrogen and oxygen atoms in total. The van der Waals surface area contributed by atoms with Gasteiger partial charge < -0.3 is 16.0 Å². The van der Waals surface area contributed by atoms with Crippen LogP contribution in [0.3, 0.4) is 0 Å². The highest BCUT2D eigenvalue weighted by Gasteiger charge is 2.23. The number of hydrogen-bond donors (Lipinski definition) is 3. The molecule has 1 heterocycles. The molecular formula is C18H17N3O3S.